The van der Waals surface area contributed by atoms with E-state index in [1.54, 1.807) is 6.07 Å². The molecule has 0 aromatic heterocycles. The van der Waals surface area contributed by atoms with Crippen molar-refractivity contribution in [1.82, 2.24) is 0 Å². The molecular formula is C18H14N2O. The number of nitrogens with one attached hydrogen (secondary N) is 1. The minimum absolute atomic E-state index is 0.272. The van der Waals surface area contributed by atoms with Gasteiger partial charge in [-0.15, -0.1) is 0 Å². The zero-order valence-electron chi connectivity index (χ0n) is 11.4. The molecule has 0 saturated heterocycles. The zero-order valence-corrected chi connectivity index (χ0v) is 11.4. The number of nitrogens with zero attached hydrogens (tertiary/aromatic N) is 1. The minimum atomic E-state index is 0.272. The molecule has 3 nitrogen and oxygen atoms in total. The van der Waals surface area contributed by atoms with Crippen molar-refractivity contribution < 1.29 is 5.11 Å². The van der Waals surface area contributed by atoms with Gasteiger partial charge < -0.3 is 10.4 Å². The lowest BCUT2D eigenvalue weighted by Gasteiger charge is -2.11. The lowest BCUT2D eigenvalue weighted by Crippen LogP contribution is -2.01. The Morgan fingerprint density at radius 3 is 2.52 bits per heavy atom. The van der Waals surface area contributed by atoms with E-state index in [-0.39, 0.29) is 5.75 Å². The Morgan fingerprint density at radius 1 is 0.905 bits per heavy atom. The quantitative estimate of drug-likeness (QED) is 0.758. The molecule has 0 unspecified atom stereocenters. The molecule has 3 aromatic carbocycles. The SMILES string of the molecule is N#Cc1ccccc1CNc1cccc2c(O)cccc12. The van der Waals surface area contributed by atoms with Gasteiger partial charge in [0, 0.05) is 23.0 Å². The van der Waals surface area contributed by atoms with Crippen LogP contribution in [0.3, 0.4) is 0 Å². The number of fused-ring (bicyclic) bond motifs is 1. The Balaban J connectivity index is 1.93. The van der Waals surface area contributed by atoms with Gasteiger partial charge in [-0.1, -0.05) is 42.5 Å². The van der Waals surface area contributed by atoms with Crippen molar-refractivity contribution in [3.63, 3.8) is 0 Å². The van der Waals surface area contributed by atoms with E-state index in [0.717, 1.165) is 22.0 Å². The van der Waals surface area contributed by atoms with Gasteiger partial charge in [0.2, 0.25) is 0 Å². The van der Waals surface area contributed by atoms with Gasteiger partial charge >= 0.3 is 0 Å². The highest BCUT2D eigenvalue weighted by atomic mass is 16.3. The van der Waals surface area contributed by atoms with E-state index < -0.39 is 0 Å². The standard InChI is InChI=1S/C18H14N2O/c19-11-13-5-1-2-6-14(13)12-20-17-9-3-8-16-15(17)7-4-10-18(16)21/h1-10,20-21H,12H2. The fourth-order valence-electron chi connectivity index (χ4n) is 2.42. The van der Waals surface area contributed by atoms with E-state index in [1.165, 1.54) is 0 Å². The average molecular weight is 274 g/mol. The first-order valence-electron chi connectivity index (χ1n) is 6.72. The Labute approximate surface area is 123 Å². The zero-order chi connectivity index (χ0) is 14.7. The second kappa shape index (κ2) is 5.56. The molecule has 0 bridgehead atoms. The predicted molar refractivity (Wildman–Crippen MR) is 84.1 cm³/mol. The second-order valence-electron chi connectivity index (χ2n) is 4.80. The molecule has 3 heteroatoms. The van der Waals surface area contributed by atoms with Gasteiger partial charge in [0.1, 0.15) is 5.75 Å². The molecule has 102 valence electrons. The van der Waals surface area contributed by atoms with Crippen LogP contribution in [0.25, 0.3) is 10.8 Å². The molecule has 0 aliphatic rings. The first kappa shape index (κ1) is 13.0. The lowest BCUT2D eigenvalue weighted by atomic mass is 10.1. The average Bonchev–Trinajstić information content (AvgIpc) is 2.53. The van der Waals surface area contributed by atoms with Crippen molar-refractivity contribution in [2.75, 3.05) is 5.32 Å². The number of anilines is 1. The molecule has 0 fully saturated rings. The first-order chi connectivity index (χ1) is 10.3. The van der Waals surface area contributed by atoms with Crippen molar-refractivity contribution in [2.24, 2.45) is 0 Å². The number of aromatic hydroxyl groups is 1. The summed E-state index contributed by atoms with van der Waals surface area (Å²) in [6.45, 7) is 0.568. The maximum absolute atomic E-state index is 9.89. The maximum Gasteiger partial charge on any atom is 0.123 e. The Hall–Kier alpha value is -2.99. The molecule has 0 radical (unpaired) electrons. The number of hydrogen-bond acceptors (Lipinski definition) is 3. The van der Waals surface area contributed by atoms with Gasteiger partial charge in [0.15, 0.2) is 0 Å². The number of phenolic OH excluding ortho intramolecular Hbond substituents is 1. The third-order valence-corrected chi connectivity index (χ3v) is 3.51. The van der Waals surface area contributed by atoms with Crippen LogP contribution in [0.2, 0.25) is 0 Å². The summed E-state index contributed by atoms with van der Waals surface area (Å²) in [4.78, 5) is 0. The summed E-state index contributed by atoms with van der Waals surface area (Å²) in [5.74, 6) is 0.272. The van der Waals surface area contributed by atoms with Crippen molar-refractivity contribution in [3.05, 3.63) is 71.8 Å². The molecule has 0 heterocycles. The molecule has 21 heavy (non-hydrogen) atoms. The van der Waals surface area contributed by atoms with Crippen molar-refractivity contribution in [2.45, 2.75) is 6.54 Å². The summed E-state index contributed by atoms with van der Waals surface area (Å²) in [7, 11) is 0. The smallest absolute Gasteiger partial charge is 0.123 e. The Bertz CT molecular complexity index is 834. The van der Waals surface area contributed by atoms with Gasteiger partial charge in [-0.25, -0.2) is 0 Å². The summed E-state index contributed by atoms with van der Waals surface area (Å²) in [5, 5.41) is 24.1. The minimum Gasteiger partial charge on any atom is -0.507 e. The Kier molecular flexibility index (Phi) is 3.44. The number of benzene rings is 3. The van der Waals surface area contributed by atoms with E-state index in [1.807, 2.05) is 54.6 Å². The van der Waals surface area contributed by atoms with Crippen LogP contribution in [-0.4, -0.2) is 5.11 Å². The summed E-state index contributed by atoms with van der Waals surface area (Å²) >= 11 is 0. The van der Waals surface area contributed by atoms with Gasteiger partial charge in [0.05, 0.1) is 11.6 Å². The topological polar surface area (TPSA) is 56.0 Å². The van der Waals surface area contributed by atoms with Crippen LogP contribution in [0, 0.1) is 11.3 Å². The molecule has 0 aliphatic carbocycles. The van der Waals surface area contributed by atoms with Crippen LogP contribution in [0.4, 0.5) is 5.69 Å². The van der Waals surface area contributed by atoms with Gasteiger partial charge in [0.25, 0.3) is 0 Å². The third-order valence-electron chi connectivity index (χ3n) is 3.51. The van der Waals surface area contributed by atoms with E-state index >= 15 is 0 Å². The van der Waals surface area contributed by atoms with E-state index in [4.69, 9.17) is 5.26 Å². The van der Waals surface area contributed by atoms with E-state index in [0.29, 0.717) is 12.1 Å². The summed E-state index contributed by atoms with van der Waals surface area (Å²) in [5.41, 5.74) is 2.57. The van der Waals surface area contributed by atoms with Crippen LogP contribution in [0.15, 0.2) is 60.7 Å². The molecular weight excluding hydrogens is 260 g/mol. The fraction of sp³-hybridized carbons (Fsp3) is 0.0556. The molecule has 0 saturated carbocycles. The highest BCUT2D eigenvalue weighted by Crippen LogP contribution is 2.30. The maximum atomic E-state index is 9.89. The predicted octanol–water partition coefficient (Wildman–Crippen LogP) is 4.03. The van der Waals surface area contributed by atoms with Gasteiger partial charge in [-0.05, 0) is 23.8 Å². The molecule has 3 rings (SSSR count). The van der Waals surface area contributed by atoms with Crippen LogP contribution < -0.4 is 5.32 Å². The molecule has 0 atom stereocenters. The third kappa shape index (κ3) is 2.52. The van der Waals surface area contributed by atoms with E-state index in [9.17, 15) is 5.11 Å². The first-order valence-corrected chi connectivity index (χ1v) is 6.72. The molecule has 2 N–H and O–H groups in total. The number of rotatable bonds is 3. The normalized spacial score (nSPS) is 10.2. The molecule has 3 aromatic rings. The summed E-state index contributed by atoms with van der Waals surface area (Å²) in [6.07, 6.45) is 0. The number of phenols is 1. The summed E-state index contributed by atoms with van der Waals surface area (Å²) in [6, 6.07) is 21.0. The molecule has 0 amide bonds. The van der Waals surface area contributed by atoms with E-state index in [2.05, 4.69) is 11.4 Å². The monoisotopic (exact) mass is 274 g/mol. The van der Waals surface area contributed by atoms with Crippen LogP contribution >= 0.6 is 0 Å². The van der Waals surface area contributed by atoms with Crippen molar-refractivity contribution in [3.8, 4) is 11.8 Å². The van der Waals surface area contributed by atoms with Gasteiger partial charge in [-0.2, -0.15) is 5.26 Å². The van der Waals surface area contributed by atoms with Crippen molar-refractivity contribution >= 4 is 16.5 Å². The Morgan fingerprint density at radius 2 is 1.67 bits per heavy atom. The largest absolute Gasteiger partial charge is 0.507 e. The molecule has 0 aliphatic heterocycles. The lowest BCUT2D eigenvalue weighted by molar-refractivity contribution is 0.481. The second-order valence-corrected chi connectivity index (χ2v) is 4.80. The van der Waals surface area contributed by atoms with Crippen LogP contribution in [-0.2, 0) is 6.54 Å². The summed E-state index contributed by atoms with van der Waals surface area (Å²) < 4.78 is 0. The van der Waals surface area contributed by atoms with Gasteiger partial charge in [-0.3, -0.25) is 0 Å². The molecule has 0 spiro atoms. The highest BCUT2D eigenvalue weighted by Gasteiger charge is 2.05. The van der Waals surface area contributed by atoms with Crippen molar-refractivity contribution in [1.29, 1.82) is 5.26 Å². The number of nitriles is 1. The highest BCUT2D eigenvalue weighted by molar-refractivity contribution is 5.97. The number of hydrogen-bond donors (Lipinski definition) is 2. The fourth-order valence-corrected chi connectivity index (χ4v) is 2.42. The van der Waals surface area contributed by atoms with Crippen LogP contribution in [0.5, 0.6) is 5.75 Å². The van der Waals surface area contributed by atoms with Crippen LogP contribution in [0.1, 0.15) is 11.1 Å².